The van der Waals surface area contributed by atoms with Gasteiger partial charge in [0.1, 0.15) is 0 Å². The van der Waals surface area contributed by atoms with Crippen molar-refractivity contribution in [3.8, 4) is 6.07 Å². The average molecular weight is 123 g/mol. The fourth-order valence-corrected chi connectivity index (χ4v) is 0. The van der Waals surface area contributed by atoms with Crippen LogP contribution in [0.3, 0.4) is 0 Å². The van der Waals surface area contributed by atoms with Crippen LogP contribution in [0.1, 0.15) is 0 Å². The smallest absolute Gasteiger partial charge is 0.240 e. The average Bonchev–Trinajstić information content (AvgIpc) is 1.89. The van der Waals surface area contributed by atoms with E-state index in [9.17, 15) is 4.79 Å². The van der Waals surface area contributed by atoms with Gasteiger partial charge in [-0.25, -0.2) is 0 Å². The van der Waals surface area contributed by atoms with E-state index < -0.39 is 5.91 Å². The molecule has 0 saturated carbocycles. The Morgan fingerprint density at radius 3 is 2.11 bits per heavy atom. The van der Waals surface area contributed by atoms with Gasteiger partial charge >= 0.3 is 0 Å². The van der Waals surface area contributed by atoms with Crippen molar-refractivity contribution in [1.82, 2.24) is 0 Å². The fourth-order valence-electron chi connectivity index (χ4n) is 0. The SMILES string of the molecule is C=CC(N)=O.[CH]=CC#N. The topological polar surface area (TPSA) is 66.9 Å². The molecule has 2 N–H and O–H groups in total. The summed E-state index contributed by atoms with van der Waals surface area (Å²) in [7, 11) is 0. The van der Waals surface area contributed by atoms with Gasteiger partial charge in [-0.15, -0.1) is 0 Å². The van der Waals surface area contributed by atoms with Gasteiger partial charge in [-0.3, -0.25) is 4.79 Å². The molecule has 0 bridgehead atoms. The van der Waals surface area contributed by atoms with E-state index in [1.807, 2.05) is 0 Å². The Morgan fingerprint density at radius 1 is 1.89 bits per heavy atom. The molecule has 0 fully saturated rings. The van der Waals surface area contributed by atoms with Crippen molar-refractivity contribution < 1.29 is 4.79 Å². The Labute approximate surface area is 54.1 Å². The summed E-state index contributed by atoms with van der Waals surface area (Å²) >= 11 is 0. The molecule has 0 atom stereocenters. The van der Waals surface area contributed by atoms with E-state index >= 15 is 0 Å². The van der Waals surface area contributed by atoms with Gasteiger partial charge in [-0.1, -0.05) is 13.2 Å². The Morgan fingerprint density at radius 2 is 2.11 bits per heavy atom. The molecule has 3 heteroatoms. The molecule has 0 rings (SSSR count). The summed E-state index contributed by atoms with van der Waals surface area (Å²) in [4.78, 5) is 9.47. The number of nitrogens with zero attached hydrogens (tertiary/aromatic N) is 1. The van der Waals surface area contributed by atoms with Crippen molar-refractivity contribution in [2.45, 2.75) is 0 Å². The van der Waals surface area contributed by atoms with Crippen molar-refractivity contribution in [3.63, 3.8) is 0 Å². The number of hydrogen-bond acceptors (Lipinski definition) is 2. The number of allylic oxidation sites excluding steroid dienone is 1. The number of carbonyl (C=O) groups is 1. The van der Waals surface area contributed by atoms with E-state index in [1.54, 1.807) is 6.07 Å². The van der Waals surface area contributed by atoms with Gasteiger partial charge in [-0.05, 0) is 6.08 Å². The number of hydrogen-bond donors (Lipinski definition) is 1. The van der Waals surface area contributed by atoms with Crippen LogP contribution in [-0.4, -0.2) is 5.91 Å². The molecule has 0 aromatic heterocycles. The second-order valence-electron chi connectivity index (χ2n) is 0.902. The molecule has 0 aromatic rings. The normalized spacial score (nSPS) is 5.22. The molecule has 0 aliphatic carbocycles. The Bertz CT molecular complexity index is 144. The van der Waals surface area contributed by atoms with E-state index in [1.165, 1.54) is 0 Å². The van der Waals surface area contributed by atoms with Gasteiger partial charge in [0, 0.05) is 6.08 Å². The summed E-state index contributed by atoms with van der Waals surface area (Å²) < 4.78 is 0. The second kappa shape index (κ2) is 9.67. The van der Waals surface area contributed by atoms with E-state index in [0.29, 0.717) is 0 Å². The first kappa shape index (κ1) is 10.4. The molecule has 0 aromatic carbocycles. The highest BCUT2D eigenvalue weighted by Crippen LogP contribution is 1.48. The molecule has 3 nitrogen and oxygen atoms in total. The summed E-state index contributed by atoms with van der Waals surface area (Å²) in [6, 6.07) is 1.58. The van der Waals surface area contributed by atoms with Crippen LogP contribution in [0.5, 0.6) is 0 Å². The van der Waals surface area contributed by atoms with Crippen LogP contribution < -0.4 is 5.73 Å². The molecule has 9 heavy (non-hydrogen) atoms. The van der Waals surface area contributed by atoms with E-state index in [2.05, 4.69) is 18.9 Å². The number of nitrogens with two attached hydrogens (primary N) is 1. The maximum atomic E-state index is 9.47. The van der Waals surface area contributed by atoms with Crippen molar-refractivity contribution >= 4 is 5.91 Å². The summed E-state index contributed by atoms with van der Waals surface area (Å²) in [5.41, 5.74) is 4.53. The molecule has 1 radical (unpaired) electrons. The Hall–Kier alpha value is -1.56. The summed E-state index contributed by atoms with van der Waals surface area (Å²) in [5.74, 6) is -0.481. The van der Waals surface area contributed by atoms with Crippen LogP contribution in [0.2, 0.25) is 0 Å². The second-order valence-corrected chi connectivity index (χ2v) is 0.902. The van der Waals surface area contributed by atoms with Crippen molar-refractivity contribution in [3.05, 3.63) is 25.3 Å². The molecule has 0 aliphatic rings. The molecule has 0 spiro atoms. The third-order valence-corrected chi connectivity index (χ3v) is 0.276. The molecule has 0 unspecified atom stereocenters. The largest absolute Gasteiger partial charge is 0.366 e. The highest BCUT2D eigenvalue weighted by molar-refractivity contribution is 5.84. The van der Waals surface area contributed by atoms with Crippen molar-refractivity contribution in [2.75, 3.05) is 0 Å². The summed E-state index contributed by atoms with van der Waals surface area (Å²) in [6.45, 7) is 7.63. The third-order valence-electron chi connectivity index (χ3n) is 0.276. The molecular weight excluding hydrogens is 116 g/mol. The molecule has 0 heterocycles. The van der Waals surface area contributed by atoms with Gasteiger partial charge in [0.15, 0.2) is 0 Å². The van der Waals surface area contributed by atoms with Gasteiger partial charge in [0.25, 0.3) is 0 Å². The molecular formula is C6H7N2O. The maximum Gasteiger partial charge on any atom is 0.240 e. The van der Waals surface area contributed by atoms with E-state index in [4.69, 9.17) is 5.26 Å². The van der Waals surface area contributed by atoms with Crippen molar-refractivity contribution in [2.24, 2.45) is 5.73 Å². The minimum absolute atomic E-state index is 0.481. The van der Waals surface area contributed by atoms with Gasteiger partial charge in [0.2, 0.25) is 5.91 Å². The van der Waals surface area contributed by atoms with Crippen LogP contribution >= 0.6 is 0 Å². The number of rotatable bonds is 1. The van der Waals surface area contributed by atoms with Gasteiger partial charge in [0.05, 0.1) is 6.07 Å². The molecule has 47 valence electrons. The van der Waals surface area contributed by atoms with Crippen LogP contribution in [0.25, 0.3) is 0 Å². The maximum absolute atomic E-state index is 9.47. The van der Waals surface area contributed by atoms with Crippen LogP contribution in [0.15, 0.2) is 18.7 Å². The zero-order valence-corrected chi connectivity index (χ0v) is 4.87. The first-order chi connectivity index (χ1) is 4.18. The monoisotopic (exact) mass is 123 g/mol. The fraction of sp³-hybridized carbons (Fsp3) is 0. The summed E-state index contributed by atoms with van der Waals surface area (Å²) in [5, 5.41) is 7.44. The molecule has 0 aliphatic heterocycles. The van der Waals surface area contributed by atoms with Gasteiger partial charge in [-0.2, -0.15) is 5.26 Å². The number of amides is 1. The lowest BCUT2D eigenvalue weighted by Gasteiger charge is -1.65. The standard InChI is InChI=1S/C3H5NO.C3H2N/c1-2-3(4)5;1-2-3-4/h2H,1H2,(H2,4,5);1-2H. The number of primary amides is 1. The lowest BCUT2D eigenvalue weighted by molar-refractivity contribution is -0.113. The first-order valence-corrected chi connectivity index (χ1v) is 2.04. The lowest BCUT2D eigenvalue weighted by Crippen LogP contribution is -2.04. The predicted molar refractivity (Wildman–Crippen MR) is 33.9 cm³/mol. The minimum Gasteiger partial charge on any atom is -0.366 e. The minimum atomic E-state index is -0.481. The Balaban J connectivity index is 0. The number of nitriles is 1. The van der Waals surface area contributed by atoms with E-state index in [0.717, 1.165) is 12.2 Å². The highest BCUT2D eigenvalue weighted by Gasteiger charge is 1.69. The Kier molecular flexibility index (Phi) is 11.2. The van der Waals surface area contributed by atoms with Crippen LogP contribution in [0.4, 0.5) is 0 Å². The first-order valence-electron chi connectivity index (χ1n) is 2.04. The quantitative estimate of drug-likeness (QED) is 0.398. The van der Waals surface area contributed by atoms with Crippen LogP contribution in [0, 0.1) is 17.9 Å². The number of carbonyl (C=O) groups excluding carboxylic acids is 1. The van der Waals surface area contributed by atoms with Crippen LogP contribution in [-0.2, 0) is 4.79 Å². The summed E-state index contributed by atoms with van der Waals surface area (Å²) in [6.07, 6.45) is 1.99. The zero-order chi connectivity index (χ0) is 7.70. The third kappa shape index (κ3) is 61.2. The molecule has 0 saturated heterocycles. The van der Waals surface area contributed by atoms with Gasteiger partial charge < -0.3 is 5.73 Å². The highest BCUT2D eigenvalue weighted by atomic mass is 16.1. The van der Waals surface area contributed by atoms with Crippen molar-refractivity contribution in [1.29, 1.82) is 5.26 Å². The predicted octanol–water partition coefficient (Wildman–Crippen LogP) is 0.157. The lowest BCUT2D eigenvalue weighted by atomic mass is 10.6. The molecule has 1 amide bonds. The van der Waals surface area contributed by atoms with E-state index in [-0.39, 0.29) is 0 Å². The zero-order valence-electron chi connectivity index (χ0n) is 4.87.